The maximum Gasteiger partial charge on any atom is 0.138 e. The van der Waals surface area contributed by atoms with Crippen LogP contribution in [0.1, 0.15) is 5.82 Å². The molecule has 0 bridgehead atoms. The van der Waals surface area contributed by atoms with Crippen molar-refractivity contribution in [3.8, 4) is 17.0 Å². The first-order valence-electron chi connectivity index (χ1n) is 8.22. The highest BCUT2D eigenvalue weighted by atomic mass is 19.1. The summed E-state index contributed by atoms with van der Waals surface area (Å²) < 4.78 is 20.6. The Bertz CT molecular complexity index is 872. The minimum absolute atomic E-state index is 0.250. The molecule has 0 fully saturated rings. The van der Waals surface area contributed by atoms with Crippen molar-refractivity contribution in [1.29, 1.82) is 0 Å². The number of benzene rings is 2. The normalized spacial score (nSPS) is 13.4. The molecule has 5 nitrogen and oxygen atoms in total. The Labute approximate surface area is 145 Å². The second-order valence-corrected chi connectivity index (χ2v) is 5.91. The van der Waals surface area contributed by atoms with Crippen LogP contribution in [-0.4, -0.2) is 23.2 Å². The largest absolute Gasteiger partial charge is 0.497 e. The van der Waals surface area contributed by atoms with Crippen molar-refractivity contribution in [3.05, 3.63) is 60.2 Å². The lowest BCUT2D eigenvalue weighted by Gasteiger charge is -2.18. The standard InChI is InChI=1S/C19H19FN4O/c1-25-16-8-2-13(3-9-16)18-19(22-15-6-4-14(20)5-7-15)24-11-10-21-12-17(24)23-18/h2-9,21-22H,10-12H2,1H3. The highest BCUT2D eigenvalue weighted by Crippen LogP contribution is 2.33. The molecule has 4 rings (SSSR count). The summed E-state index contributed by atoms with van der Waals surface area (Å²) in [7, 11) is 1.65. The second-order valence-electron chi connectivity index (χ2n) is 5.91. The number of nitrogens with zero attached hydrogens (tertiary/aromatic N) is 2. The van der Waals surface area contributed by atoms with E-state index in [-0.39, 0.29) is 5.82 Å². The number of fused-ring (bicyclic) bond motifs is 1. The van der Waals surface area contributed by atoms with Crippen LogP contribution in [0.2, 0.25) is 0 Å². The van der Waals surface area contributed by atoms with Crippen LogP contribution < -0.4 is 15.4 Å². The van der Waals surface area contributed by atoms with Gasteiger partial charge in [-0.3, -0.25) is 0 Å². The smallest absolute Gasteiger partial charge is 0.138 e. The van der Waals surface area contributed by atoms with Gasteiger partial charge in [0.15, 0.2) is 0 Å². The Kier molecular flexibility index (Phi) is 4.11. The van der Waals surface area contributed by atoms with Crippen LogP contribution in [-0.2, 0) is 13.1 Å². The van der Waals surface area contributed by atoms with Gasteiger partial charge >= 0.3 is 0 Å². The van der Waals surface area contributed by atoms with Gasteiger partial charge in [0, 0.05) is 24.3 Å². The monoisotopic (exact) mass is 338 g/mol. The molecule has 6 heteroatoms. The first kappa shape index (κ1) is 15.7. The highest BCUT2D eigenvalue weighted by Gasteiger charge is 2.20. The lowest BCUT2D eigenvalue weighted by molar-refractivity contribution is 0.415. The van der Waals surface area contributed by atoms with Gasteiger partial charge in [-0.1, -0.05) is 0 Å². The summed E-state index contributed by atoms with van der Waals surface area (Å²) in [5.41, 5.74) is 2.72. The molecule has 1 aliphatic heterocycles. The second kappa shape index (κ2) is 6.57. The predicted molar refractivity (Wildman–Crippen MR) is 95.6 cm³/mol. The van der Waals surface area contributed by atoms with Crippen LogP contribution in [0.4, 0.5) is 15.9 Å². The number of hydrogen-bond acceptors (Lipinski definition) is 4. The van der Waals surface area contributed by atoms with Crippen LogP contribution in [0, 0.1) is 5.82 Å². The van der Waals surface area contributed by atoms with E-state index in [1.807, 2.05) is 24.3 Å². The number of nitrogens with one attached hydrogen (secondary N) is 2. The maximum absolute atomic E-state index is 13.2. The maximum atomic E-state index is 13.2. The Morgan fingerprint density at radius 1 is 1.12 bits per heavy atom. The zero-order valence-corrected chi connectivity index (χ0v) is 13.9. The van der Waals surface area contributed by atoms with E-state index in [1.165, 1.54) is 12.1 Å². The number of methoxy groups -OCH3 is 1. The van der Waals surface area contributed by atoms with E-state index >= 15 is 0 Å². The van der Waals surface area contributed by atoms with Gasteiger partial charge in [0.25, 0.3) is 0 Å². The van der Waals surface area contributed by atoms with E-state index in [1.54, 1.807) is 19.2 Å². The number of halogens is 1. The van der Waals surface area contributed by atoms with Gasteiger partial charge in [-0.05, 0) is 48.5 Å². The summed E-state index contributed by atoms with van der Waals surface area (Å²) in [4.78, 5) is 4.81. The fourth-order valence-electron chi connectivity index (χ4n) is 3.01. The van der Waals surface area contributed by atoms with E-state index < -0.39 is 0 Å². The van der Waals surface area contributed by atoms with Crippen molar-refractivity contribution in [1.82, 2.24) is 14.9 Å². The highest BCUT2D eigenvalue weighted by molar-refractivity contribution is 5.77. The zero-order valence-electron chi connectivity index (χ0n) is 13.9. The van der Waals surface area contributed by atoms with E-state index in [0.29, 0.717) is 0 Å². The Morgan fingerprint density at radius 2 is 1.88 bits per heavy atom. The molecule has 1 aromatic heterocycles. The predicted octanol–water partition coefficient (Wildman–Crippen LogP) is 3.54. The average molecular weight is 338 g/mol. The van der Waals surface area contributed by atoms with E-state index in [2.05, 4.69) is 15.2 Å². The molecule has 0 amide bonds. The molecular formula is C19H19FN4O. The summed E-state index contributed by atoms with van der Waals surface area (Å²) in [5, 5.41) is 6.75. The third kappa shape index (κ3) is 3.08. The molecule has 0 radical (unpaired) electrons. The average Bonchev–Trinajstić information content (AvgIpc) is 3.02. The molecule has 0 saturated heterocycles. The molecule has 2 N–H and O–H groups in total. The molecular weight excluding hydrogens is 319 g/mol. The summed E-state index contributed by atoms with van der Waals surface area (Å²) >= 11 is 0. The van der Waals surface area contributed by atoms with Crippen LogP contribution >= 0.6 is 0 Å². The summed E-state index contributed by atoms with van der Waals surface area (Å²) in [5.74, 6) is 2.47. The summed E-state index contributed by atoms with van der Waals surface area (Å²) in [6.45, 7) is 2.46. The van der Waals surface area contributed by atoms with Crippen LogP contribution in [0.3, 0.4) is 0 Å². The molecule has 128 valence electrons. The number of rotatable bonds is 4. The van der Waals surface area contributed by atoms with Crippen LogP contribution in [0.25, 0.3) is 11.3 Å². The SMILES string of the molecule is COc1ccc(-c2nc3n(c2Nc2ccc(F)cc2)CCNC3)cc1. The third-order valence-corrected chi connectivity index (χ3v) is 4.31. The minimum Gasteiger partial charge on any atom is -0.497 e. The topological polar surface area (TPSA) is 51.1 Å². The van der Waals surface area contributed by atoms with E-state index in [0.717, 1.165) is 54.0 Å². The van der Waals surface area contributed by atoms with Gasteiger partial charge in [-0.15, -0.1) is 0 Å². The number of ether oxygens (including phenoxy) is 1. The van der Waals surface area contributed by atoms with Gasteiger partial charge in [-0.2, -0.15) is 0 Å². The first-order valence-corrected chi connectivity index (χ1v) is 8.22. The zero-order chi connectivity index (χ0) is 17.2. The number of hydrogen-bond donors (Lipinski definition) is 2. The van der Waals surface area contributed by atoms with Gasteiger partial charge in [0.1, 0.15) is 28.9 Å². The van der Waals surface area contributed by atoms with Gasteiger partial charge < -0.3 is 19.9 Å². The Morgan fingerprint density at radius 3 is 2.60 bits per heavy atom. The quantitative estimate of drug-likeness (QED) is 0.764. The van der Waals surface area contributed by atoms with Crippen molar-refractivity contribution in [2.45, 2.75) is 13.1 Å². The minimum atomic E-state index is -0.250. The van der Waals surface area contributed by atoms with E-state index in [9.17, 15) is 4.39 Å². The molecule has 0 aliphatic carbocycles. The summed E-state index contributed by atoms with van der Waals surface area (Å²) in [6.07, 6.45) is 0. The molecule has 0 saturated carbocycles. The molecule has 2 heterocycles. The van der Waals surface area contributed by atoms with Crippen molar-refractivity contribution in [3.63, 3.8) is 0 Å². The number of imidazole rings is 1. The molecule has 1 aliphatic rings. The molecule has 3 aromatic rings. The lowest BCUT2D eigenvalue weighted by atomic mass is 10.1. The lowest BCUT2D eigenvalue weighted by Crippen LogP contribution is -2.28. The Balaban J connectivity index is 1.77. The van der Waals surface area contributed by atoms with Crippen molar-refractivity contribution < 1.29 is 9.13 Å². The van der Waals surface area contributed by atoms with Crippen molar-refractivity contribution in [2.75, 3.05) is 19.0 Å². The van der Waals surface area contributed by atoms with Crippen LogP contribution in [0.5, 0.6) is 5.75 Å². The first-order chi connectivity index (χ1) is 12.2. The fraction of sp³-hybridized carbons (Fsp3) is 0.211. The van der Waals surface area contributed by atoms with Gasteiger partial charge in [-0.25, -0.2) is 9.37 Å². The number of anilines is 2. The van der Waals surface area contributed by atoms with Crippen molar-refractivity contribution in [2.24, 2.45) is 0 Å². The van der Waals surface area contributed by atoms with Crippen molar-refractivity contribution >= 4 is 11.5 Å². The van der Waals surface area contributed by atoms with E-state index in [4.69, 9.17) is 9.72 Å². The molecule has 0 spiro atoms. The number of aromatic nitrogens is 2. The third-order valence-electron chi connectivity index (χ3n) is 4.31. The summed E-state index contributed by atoms with van der Waals surface area (Å²) in [6, 6.07) is 14.2. The fourth-order valence-corrected chi connectivity index (χ4v) is 3.01. The van der Waals surface area contributed by atoms with Gasteiger partial charge in [0.2, 0.25) is 0 Å². The van der Waals surface area contributed by atoms with Crippen LogP contribution in [0.15, 0.2) is 48.5 Å². The molecule has 2 aromatic carbocycles. The molecule has 25 heavy (non-hydrogen) atoms. The van der Waals surface area contributed by atoms with Gasteiger partial charge in [0.05, 0.1) is 13.7 Å². The molecule has 0 unspecified atom stereocenters. The Hall–Kier alpha value is -2.86. The molecule has 0 atom stereocenters.